The molecule has 0 spiro atoms. The predicted molar refractivity (Wildman–Crippen MR) is 82.6 cm³/mol. The highest BCUT2D eigenvalue weighted by Gasteiger charge is 2.33. The molecular weight excluding hydrogens is 367 g/mol. The number of hydrogen-bond acceptors (Lipinski definition) is 1. The van der Waals surface area contributed by atoms with Crippen molar-refractivity contribution in [3.8, 4) is 0 Å². The highest BCUT2D eigenvalue weighted by molar-refractivity contribution is 9.10. The average Bonchev–Trinajstić information content (AvgIpc) is 2.40. The van der Waals surface area contributed by atoms with Crippen molar-refractivity contribution in [2.75, 3.05) is 5.32 Å². The zero-order chi connectivity index (χ0) is 15.6. The van der Waals surface area contributed by atoms with Crippen LogP contribution in [0.2, 0.25) is 5.02 Å². The van der Waals surface area contributed by atoms with E-state index in [1.54, 1.807) is 0 Å². The van der Waals surface area contributed by atoms with Crippen molar-refractivity contribution < 1.29 is 13.2 Å². The van der Waals surface area contributed by atoms with Crippen LogP contribution in [0.25, 0.3) is 0 Å². The van der Waals surface area contributed by atoms with Gasteiger partial charge in [0, 0.05) is 16.2 Å². The highest BCUT2D eigenvalue weighted by Crippen LogP contribution is 2.37. The zero-order valence-corrected chi connectivity index (χ0v) is 13.4. The summed E-state index contributed by atoms with van der Waals surface area (Å²) < 4.78 is 39.4. The predicted octanol–water partition coefficient (Wildman–Crippen LogP) is 6.29. The molecule has 0 amide bonds. The minimum atomic E-state index is -4.47. The molecule has 112 valence electrons. The first-order valence-corrected chi connectivity index (χ1v) is 7.34. The van der Waals surface area contributed by atoms with Gasteiger partial charge in [0.1, 0.15) is 0 Å². The Morgan fingerprint density at radius 1 is 1.14 bits per heavy atom. The molecule has 2 aromatic rings. The van der Waals surface area contributed by atoms with Crippen molar-refractivity contribution in [2.45, 2.75) is 19.1 Å². The smallest absolute Gasteiger partial charge is 0.378 e. The molecule has 0 radical (unpaired) electrons. The quantitative estimate of drug-likeness (QED) is 0.661. The summed E-state index contributed by atoms with van der Waals surface area (Å²) in [4.78, 5) is 0. The van der Waals surface area contributed by atoms with Gasteiger partial charge in [-0.1, -0.05) is 45.7 Å². The normalized spacial score (nSPS) is 13.0. The molecule has 2 rings (SSSR count). The topological polar surface area (TPSA) is 12.0 Å². The van der Waals surface area contributed by atoms with E-state index < -0.39 is 11.7 Å². The van der Waals surface area contributed by atoms with Gasteiger partial charge in [-0.25, -0.2) is 0 Å². The molecule has 0 aliphatic rings. The van der Waals surface area contributed by atoms with E-state index in [4.69, 9.17) is 11.6 Å². The second-order valence-corrected chi connectivity index (χ2v) is 5.84. The summed E-state index contributed by atoms with van der Waals surface area (Å²) in [7, 11) is 0. The Kier molecular flexibility index (Phi) is 4.84. The number of nitrogens with one attached hydrogen (secondary N) is 1. The molecule has 0 aliphatic carbocycles. The molecule has 0 saturated carbocycles. The molecule has 2 aromatic carbocycles. The van der Waals surface area contributed by atoms with E-state index in [1.165, 1.54) is 12.1 Å². The summed E-state index contributed by atoms with van der Waals surface area (Å²) in [6, 6.07) is 11.2. The third kappa shape index (κ3) is 3.92. The van der Waals surface area contributed by atoms with Gasteiger partial charge in [0.2, 0.25) is 0 Å². The molecule has 1 unspecified atom stereocenters. The van der Waals surface area contributed by atoms with Crippen LogP contribution in [-0.4, -0.2) is 0 Å². The molecule has 0 aliphatic heterocycles. The van der Waals surface area contributed by atoms with Crippen molar-refractivity contribution in [3.63, 3.8) is 0 Å². The lowest BCUT2D eigenvalue weighted by Gasteiger charge is -2.18. The Hall–Kier alpha value is -1.20. The Balaban J connectivity index is 2.26. The molecule has 1 N–H and O–H groups in total. The van der Waals surface area contributed by atoms with E-state index in [-0.39, 0.29) is 11.1 Å². The summed E-state index contributed by atoms with van der Waals surface area (Å²) in [6.45, 7) is 1.88. The van der Waals surface area contributed by atoms with E-state index in [2.05, 4.69) is 21.2 Å². The van der Waals surface area contributed by atoms with Crippen molar-refractivity contribution in [1.29, 1.82) is 0 Å². The lowest BCUT2D eigenvalue weighted by molar-refractivity contribution is -0.137. The fourth-order valence-corrected chi connectivity index (χ4v) is 2.84. The zero-order valence-electron chi connectivity index (χ0n) is 11.0. The number of rotatable bonds is 3. The monoisotopic (exact) mass is 377 g/mol. The van der Waals surface area contributed by atoms with Gasteiger partial charge >= 0.3 is 6.18 Å². The minimum Gasteiger partial charge on any atom is -0.378 e. The van der Waals surface area contributed by atoms with Gasteiger partial charge in [-0.2, -0.15) is 13.2 Å². The van der Waals surface area contributed by atoms with Crippen LogP contribution in [0, 0.1) is 0 Å². The summed E-state index contributed by atoms with van der Waals surface area (Å²) in [5.74, 6) is 0. The number of benzene rings is 2. The van der Waals surface area contributed by atoms with Gasteiger partial charge < -0.3 is 5.32 Å². The molecule has 0 bridgehead atoms. The van der Waals surface area contributed by atoms with E-state index in [1.807, 2.05) is 31.2 Å². The summed E-state index contributed by atoms with van der Waals surface area (Å²) in [5.41, 5.74) is 0.490. The van der Waals surface area contributed by atoms with Gasteiger partial charge in [0.05, 0.1) is 10.6 Å². The van der Waals surface area contributed by atoms with Crippen LogP contribution in [0.1, 0.15) is 24.1 Å². The summed E-state index contributed by atoms with van der Waals surface area (Å²) in [5, 5.41) is 2.75. The maximum atomic E-state index is 12.8. The number of alkyl halides is 3. The van der Waals surface area contributed by atoms with Crippen LogP contribution in [0.5, 0.6) is 0 Å². The van der Waals surface area contributed by atoms with Crippen LogP contribution >= 0.6 is 27.5 Å². The first-order valence-electron chi connectivity index (χ1n) is 6.16. The first kappa shape index (κ1) is 16.2. The van der Waals surface area contributed by atoms with E-state index >= 15 is 0 Å². The molecule has 0 aromatic heterocycles. The maximum absolute atomic E-state index is 12.8. The van der Waals surface area contributed by atoms with E-state index in [0.29, 0.717) is 5.69 Å². The Morgan fingerprint density at radius 3 is 2.43 bits per heavy atom. The van der Waals surface area contributed by atoms with Gasteiger partial charge in [0.15, 0.2) is 0 Å². The van der Waals surface area contributed by atoms with Crippen molar-refractivity contribution in [2.24, 2.45) is 0 Å². The Labute approximate surface area is 134 Å². The molecule has 21 heavy (non-hydrogen) atoms. The van der Waals surface area contributed by atoms with E-state index in [0.717, 1.165) is 16.1 Å². The molecule has 6 heteroatoms. The summed E-state index contributed by atoms with van der Waals surface area (Å²) in [6.07, 6.45) is -4.47. The minimum absolute atomic E-state index is 0.150. The third-order valence-electron chi connectivity index (χ3n) is 3.03. The van der Waals surface area contributed by atoms with Crippen molar-refractivity contribution in [1.82, 2.24) is 0 Å². The molecule has 0 fully saturated rings. The van der Waals surface area contributed by atoms with Crippen LogP contribution in [0.4, 0.5) is 18.9 Å². The number of halogens is 5. The van der Waals surface area contributed by atoms with Crippen LogP contribution < -0.4 is 5.32 Å². The second-order valence-electron chi connectivity index (χ2n) is 4.58. The highest BCUT2D eigenvalue weighted by atomic mass is 79.9. The lowest BCUT2D eigenvalue weighted by atomic mass is 10.1. The molecule has 1 nitrogen and oxygen atoms in total. The number of anilines is 1. The summed E-state index contributed by atoms with van der Waals surface area (Å²) >= 11 is 9.03. The first-order chi connectivity index (χ1) is 9.79. The molecule has 0 heterocycles. The third-order valence-corrected chi connectivity index (χ3v) is 4.08. The SMILES string of the molecule is CC(Nc1ccc(Cl)c(C(F)(F)F)c1)c1ccccc1Br. The lowest BCUT2D eigenvalue weighted by Crippen LogP contribution is -2.10. The fraction of sp³-hybridized carbons (Fsp3) is 0.200. The Morgan fingerprint density at radius 2 is 1.81 bits per heavy atom. The van der Waals surface area contributed by atoms with Gasteiger partial charge in [-0.05, 0) is 36.8 Å². The van der Waals surface area contributed by atoms with Crippen LogP contribution in [0.15, 0.2) is 46.9 Å². The Bertz CT molecular complexity index is 643. The largest absolute Gasteiger partial charge is 0.417 e. The standard InChI is InChI=1S/C15H12BrClF3N/c1-9(11-4-2-3-5-13(11)16)21-10-6-7-14(17)12(8-10)15(18,19)20/h2-9,21H,1H3. The van der Waals surface area contributed by atoms with E-state index in [9.17, 15) is 13.2 Å². The van der Waals surface area contributed by atoms with Gasteiger partial charge in [-0.3, -0.25) is 0 Å². The maximum Gasteiger partial charge on any atom is 0.417 e. The average molecular weight is 379 g/mol. The van der Waals surface area contributed by atoms with Gasteiger partial charge in [0.25, 0.3) is 0 Å². The van der Waals surface area contributed by atoms with Crippen LogP contribution in [0.3, 0.4) is 0 Å². The van der Waals surface area contributed by atoms with Gasteiger partial charge in [-0.15, -0.1) is 0 Å². The van der Waals surface area contributed by atoms with Crippen LogP contribution in [-0.2, 0) is 6.18 Å². The van der Waals surface area contributed by atoms with Crippen molar-refractivity contribution in [3.05, 3.63) is 63.1 Å². The van der Waals surface area contributed by atoms with Crippen molar-refractivity contribution >= 4 is 33.2 Å². The second kappa shape index (κ2) is 6.28. The molecule has 0 saturated heterocycles. The molecular formula is C15H12BrClF3N. The number of hydrogen-bond donors (Lipinski definition) is 1. The fourth-order valence-electron chi connectivity index (χ4n) is 1.99. The molecule has 1 atom stereocenters.